The van der Waals surface area contributed by atoms with E-state index >= 15 is 0 Å². The number of benzene rings is 1. The fourth-order valence-corrected chi connectivity index (χ4v) is 4.58. The van der Waals surface area contributed by atoms with Gasteiger partial charge in [0.2, 0.25) is 10.0 Å². The Labute approximate surface area is 129 Å². The Hall–Kier alpha value is -0.910. The zero-order valence-electron chi connectivity index (χ0n) is 13.8. The second-order valence-corrected chi connectivity index (χ2v) is 7.35. The molecule has 0 fully saturated rings. The monoisotopic (exact) mass is 312 g/mol. The summed E-state index contributed by atoms with van der Waals surface area (Å²) in [6.07, 6.45) is 2.32. The molecule has 0 heterocycles. The van der Waals surface area contributed by atoms with E-state index < -0.39 is 10.0 Å². The normalized spacial score (nSPS) is 12.7. The van der Waals surface area contributed by atoms with Crippen molar-refractivity contribution in [3.05, 3.63) is 28.8 Å². The number of hydrogen-bond acceptors (Lipinski definition) is 3. The Morgan fingerprint density at radius 2 is 1.57 bits per heavy atom. The van der Waals surface area contributed by atoms with E-state index in [1.807, 2.05) is 40.7 Å². The van der Waals surface area contributed by atoms with Crippen molar-refractivity contribution >= 4 is 10.0 Å². The first-order chi connectivity index (χ1) is 9.75. The molecule has 0 saturated heterocycles. The Kier molecular flexibility index (Phi) is 5.96. The summed E-state index contributed by atoms with van der Waals surface area (Å²) in [5, 5.41) is 0. The van der Waals surface area contributed by atoms with Crippen LogP contribution in [-0.2, 0) is 16.6 Å². The second kappa shape index (κ2) is 6.90. The van der Waals surface area contributed by atoms with Crippen LogP contribution in [0.5, 0.6) is 0 Å². The van der Waals surface area contributed by atoms with Crippen molar-refractivity contribution < 1.29 is 8.42 Å². The molecule has 0 atom stereocenters. The molecule has 0 radical (unpaired) electrons. The van der Waals surface area contributed by atoms with Gasteiger partial charge >= 0.3 is 0 Å². The molecule has 0 aliphatic heterocycles. The van der Waals surface area contributed by atoms with Gasteiger partial charge in [0.05, 0.1) is 4.90 Å². The topological polar surface area (TPSA) is 72.2 Å². The Morgan fingerprint density at radius 1 is 1.05 bits per heavy atom. The zero-order chi connectivity index (χ0) is 16.3. The van der Waals surface area contributed by atoms with Gasteiger partial charge in [0.15, 0.2) is 0 Å². The molecule has 0 unspecified atom stereocenters. The number of sulfonamides is 1. The van der Waals surface area contributed by atoms with Crippen molar-refractivity contribution in [3.8, 4) is 0 Å². The van der Waals surface area contributed by atoms with Crippen LogP contribution in [0, 0.1) is 13.8 Å². The van der Waals surface area contributed by atoms with E-state index in [1.165, 1.54) is 0 Å². The highest BCUT2D eigenvalue weighted by atomic mass is 32.2. The maximum atomic E-state index is 12.8. The lowest BCUT2D eigenvalue weighted by Gasteiger charge is -2.31. The predicted molar refractivity (Wildman–Crippen MR) is 87.7 cm³/mol. The summed E-state index contributed by atoms with van der Waals surface area (Å²) in [7, 11) is -3.54. The van der Waals surface area contributed by atoms with Crippen LogP contribution in [0.4, 0.5) is 0 Å². The van der Waals surface area contributed by atoms with Crippen LogP contribution in [-0.4, -0.2) is 14.0 Å². The molecule has 0 aromatic heterocycles. The summed E-state index contributed by atoms with van der Waals surface area (Å²) in [5.41, 5.74) is 7.99. The van der Waals surface area contributed by atoms with E-state index in [0.29, 0.717) is 11.4 Å². The molecule has 0 aliphatic carbocycles. The van der Waals surface area contributed by atoms with Crippen LogP contribution in [0.1, 0.15) is 56.7 Å². The minimum Gasteiger partial charge on any atom is -0.326 e. The molecule has 0 amide bonds. The van der Waals surface area contributed by atoms with Gasteiger partial charge in [-0.1, -0.05) is 26.8 Å². The fraction of sp³-hybridized carbons (Fsp3) is 0.625. The SMILES string of the molecule is CCC(CC)(CC)NS(=O)(=O)c1cc(CN)c(C)cc1C. The highest BCUT2D eigenvalue weighted by Gasteiger charge is 2.31. The third-order valence-corrected chi connectivity index (χ3v) is 6.24. The Morgan fingerprint density at radius 3 is 2.00 bits per heavy atom. The molecule has 21 heavy (non-hydrogen) atoms. The van der Waals surface area contributed by atoms with E-state index in [-0.39, 0.29) is 5.54 Å². The van der Waals surface area contributed by atoms with E-state index in [1.54, 1.807) is 6.07 Å². The molecule has 0 spiro atoms. The van der Waals surface area contributed by atoms with Crippen LogP contribution < -0.4 is 10.5 Å². The molecule has 1 aromatic carbocycles. The van der Waals surface area contributed by atoms with Crippen molar-refractivity contribution in [1.82, 2.24) is 4.72 Å². The van der Waals surface area contributed by atoms with Gasteiger partial charge in [0.1, 0.15) is 0 Å². The molecular formula is C16H28N2O2S. The van der Waals surface area contributed by atoms with Gasteiger partial charge in [-0.2, -0.15) is 0 Å². The van der Waals surface area contributed by atoms with Gasteiger partial charge in [-0.3, -0.25) is 0 Å². The molecule has 3 N–H and O–H groups in total. The molecular weight excluding hydrogens is 284 g/mol. The highest BCUT2D eigenvalue weighted by molar-refractivity contribution is 7.89. The lowest BCUT2D eigenvalue weighted by Crippen LogP contribution is -2.47. The van der Waals surface area contributed by atoms with Gasteiger partial charge in [0.25, 0.3) is 0 Å². The minimum absolute atomic E-state index is 0.341. The molecule has 4 nitrogen and oxygen atoms in total. The maximum Gasteiger partial charge on any atom is 0.241 e. The standard InChI is InChI=1S/C16H28N2O2S/c1-6-16(7-2,8-3)18-21(19,20)15-10-14(11-17)12(4)9-13(15)5/h9-10,18H,6-8,11,17H2,1-5H3. The molecule has 120 valence electrons. The third-order valence-electron chi connectivity index (χ3n) is 4.52. The largest absolute Gasteiger partial charge is 0.326 e. The summed E-state index contributed by atoms with van der Waals surface area (Å²) in [4.78, 5) is 0.341. The van der Waals surface area contributed by atoms with E-state index in [0.717, 1.165) is 36.0 Å². The van der Waals surface area contributed by atoms with Crippen molar-refractivity contribution in [2.24, 2.45) is 5.73 Å². The average Bonchev–Trinajstić information content (AvgIpc) is 2.44. The summed E-state index contributed by atoms with van der Waals surface area (Å²) in [6.45, 7) is 10.2. The van der Waals surface area contributed by atoms with Crippen LogP contribution in [0.3, 0.4) is 0 Å². The lowest BCUT2D eigenvalue weighted by molar-refractivity contribution is 0.341. The second-order valence-electron chi connectivity index (χ2n) is 5.69. The van der Waals surface area contributed by atoms with Gasteiger partial charge in [-0.05, 0) is 55.9 Å². The third kappa shape index (κ3) is 3.84. The molecule has 5 heteroatoms. The van der Waals surface area contributed by atoms with Gasteiger partial charge in [0, 0.05) is 12.1 Å². The predicted octanol–water partition coefficient (Wildman–Crippen LogP) is 3.01. The number of nitrogens with one attached hydrogen (secondary N) is 1. The van der Waals surface area contributed by atoms with Gasteiger partial charge < -0.3 is 5.73 Å². The Bertz CT molecular complexity index is 582. The lowest BCUT2D eigenvalue weighted by atomic mass is 9.91. The molecule has 0 bridgehead atoms. The minimum atomic E-state index is -3.54. The van der Waals surface area contributed by atoms with Crippen molar-refractivity contribution in [3.63, 3.8) is 0 Å². The number of nitrogens with two attached hydrogens (primary N) is 1. The summed E-state index contributed by atoms with van der Waals surface area (Å²) < 4.78 is 28.5. The molecule has 0 saturated carbocycles. The van der Waals surface area contributed by atoms with E-state index in [9.17, 15) is 8.42 Å². The number of aryl methyl sites for hydroxylation is 2. The molecule has 1 aromatic rings. The molecule has 0 aliphatic rings. The first-order valence-electron chi connectivity index (χ1n) is 7.59. The quantitative estimate of drug-likeness (QED) is 0.813. The van der Waals surface area contributed by atoms with Crippen LogP contribution in [0.15, 0.2) is 17.0 Å². The van der Waals surface area contributed by atoms with Crippen LogP contribution in [0.25, 0.3) is 0 Å². The van der Waals surface area contributed by atoms with Crippen molar-refractivity contribution in [1.29, 1.82) is 0 Å². The maximum absolute atomic E-state index is 12.8. The molecule has 1 rings (SSSR count). The number of hydrogen-bond donors (Lipinski definition) is 2. The van der Waals surface area contributed by atoms with Crippen LogP contribution >= 0.6 is 0 Å². The summed E-state index contributed by atoms with van der Waals surface area (Å²) in [6, 6.07) is 3.60. The fourth-order valence-electron chi connectivity index (χ4n) is 2.69. The van der Waals surface area contributed by atoms with Crippen molar-refractivity contribution in [2.45, 2.75) is 70.9 Å². The first-order valence-corrected chi connectivity index (χ1v) is 9.07. The van der Waals surface area contributed by atoms with E-state index in [4.69, 9.17) is 5.73 Å². The highest BCUT2D eigenvalue weighted by Crippen LogP contribution is 2.26. The van der Waals surface area contributed by atoms with Gasteiger partial charge in [-0.25, -0.2) is 13.1 Å². The Balaban J connectivity index is 3.31. The van der Waals surface area contributed by atoms with Crippen LogP contribution in [0.2, 0.25) is 0 Å². The van der Waals surface area contributed by atoms with Crippen molar-refractivity contribution in [2.75, 3.05) is 0 Å². The smallest absolute Gasteiger partial charge is 0.241 e. The number of rotatable bonds is 7. The summed E-state index contributed by atoms with van der Waals surface area (Å²) >= 11 is 0. The van der Waals surface area contributed by atoms with Gasteiger partial charge in [-0.15, -0.1) is 0 Å². The zero-order valence-corrected chi connectivity index (χ0v) is 14.6. The average molecular weight is 312 g/mol. The van der Waals surface area contributed by atoms with E-state index in [2.05, 4.69) is 4.72 Å². The summed E-state index contributed by atoms with van der Waals surface area (Å²) in [5.74, 6) is 0. The first kappa shape index (κ1) is 18.1.